The number of allylic oxidation sites excluding steroid dienone is 5. The number of aromatic amines is 5. The highest BCUT2D eigenvalue weighted by atomic mass is 35.5. The molecule has 31 heteroatoms. The van der Waals surface area contributed by atoms with Crippen LogP contribution in [0.2, 0.25) is 10.0 Å². The van der Waals surface area contributed by atoms with Crippen molar-refractivity contribution in [2.75, 3.05) is 56.6 Å². The lowest BCUT2D eigenvalue weighted by Crippen LogP contribution is -1.99. The van der Waals surface area contributed by atoms with E-state index in [4.69, 9.17) is 65.8 Å². The predicted molar refractivity (Wildman–Crippen MR) is 548 cm³/mol. The van der Waals surface area contributed by atoms with Crippen LogP contribution in [0.1, 0.15) is 164 Å². The molecule has 6 heterocycles. The Balaban J connectivity index is 0.000000124. The lowest BCUT2D eigenvalue weighted by Gasteiger charge is -2.12. The molecule has 6 aliphatic rings. The van der Waals surface area contributed by atoms with Crippen molar-refractivity contribution in [3.63, 3.8) is 0 Å². The Bertz CT molecular complexity index is 7740. The standard InChI is InChI=1S/C24H24N2O5.2C23H22N2O4.C22H18N2O4.C21H16Cl2N2O2/c1-13-4-19-14(8-22(13)30-2)5-16(24(19)29)7-18-10-21(26-25-18)15-6-17(11-27)20(12-28)23(9-15)31-3;1-13-4-20-15(10-22(13)29-3)7-17(23(20)27)8-18-11-21(25-24-18)16-5-14(12-26)6-19(9-16)28-2;1-13-5-20-16(9-22(13)29-2)7-17(23(20)28)8-19-10-21(25-24-19)14-3-4-15(11-26)18(6-14)12-27;1-12-5-17-14(9-20(12)26-2)6-15(22(17)25)7-16-10-18(24-23-16)13-3-4-19-21(8-13)28-11-27-19;1-11-5-16-13(9-20(11)27-2)6-14(21(16)26)7-15-10-19(25-24-15)12-3-4-17(22)18(23)8-12/h4,6-10,27-28H,5,11-12H2,1-3H3,(H,25,26);4-6,8-11,26H,7,12H2,1-3H3,(H,24,25);3-6,8-10,26-27H,7,11-12H2,1-2H3,(H,24,25);3-5,7-10H,6,11H2,1-2H3,(H,23,24);3-5,7-10H,6H2,1-2H3,(H,24,25)/b16-7+;2*17-8+;15-7+;14-7+. The number of Topliss-reactive ketones (excluding diaryl/α,β-unsaturated/α-hetero) is 5. The van der Waals surface area contributed by atoms with Crippen molar-refractivity contribution in [2.24, 2.45) is 0 Å². The number of nitrogens with one attached hydrogen (secondary N) is 5. The fourth-order valence-electron chi connectivity index (χ4n) is 18.3. The van der Waals surface area contributed by atoms with E-state index in [-0.39, 0.29) is 68.7 Å². The van der Waals surface area contributed by atoms with Gasteiger partial charge < -0.3 is 68.2 Å². The Kier molecular flexibility index (Phi) is 29.8. The van der Waals surface area contributed by atoms with E-state index in [0.717, 1.165) is 191 Å². The van der Waals surface area contributed by atoms with Gasteiger partial charge >= 0.3 is 0 Å². The Hall–Kier alpha value is -16.1. The van der Waals surface area contributed by atoms with E-state index in [1.807, 2.05) is 205 Å². The van der Waals surface area contributed by atoms with Gasteiger partial charge in [0.1, 0.15) is 40.2 Å². The van der Waals surface area contributed by atoms with Crippen molar-refractivity contribution >= 4 is 82.5 Å². The first-order valence-electron chi connectivity index (χ1n) is 45.9. The van der Waals surface area contributed by atoms with E-state index in [1.54, 1.807) is 79.1 Å². The number of H-pyrrole nitrogens is 5. The minimum atomic E-state index is -0.232. The normalized spacial score (nSPS) is 14.7. The molecule has 0 atom stereocenters. The van der Waals surface area contributed by atoms with E-state index < -0.39 is 0 Å². The quantitative estimate of drug-likeness (QED) is 0.0282. The summed E-state index contributed by atoms with van der Waals surface area (Å²) in [7, 11) is 11.3. The number of carbonyl (C=O) groups is 5. The summed E-state index contributed by atoms with van der Waals surface area (Å²) in [6, 6.07) is 54.1. The van der Waals surface area contributed by atoms with Crippen LogP contribution in [0.4, 0.5) is 0 Å². The molecule has 10 aromatic carbocycles. The number of aromatic nitrogens is 10. The second-order valence-corrected chi connectivity index (χ2v) is 36.0. The summed E-state index contributed by atoms with van der Waals surface area (Å²) in [5, 5.41) is 85.1. The van der Waals surface area contributed by atoms with E-state index in [0.29, 0.717) is 127 Å². The zero-order valence-corrected chi connectivity index (χ0v) is 82.4. The number of rotatable bonds is 22. The van der Waals surface area contributed by atoms with Gasteiger partial charge in [0.25, 0.3) is 0 Å². The zero-order valence-electron chi connectivity index (χ0n) is 80.9. The second-order valence-electron chi connectivity index (χ2n) is 35.2. The highest BCUT2D eigenvalue weighted by Crippen LogP contribution is 2.43. The van der Waals surface area contributed by atoms with Gasteiger partial charge in [0.2, 0.25) is 6.79 Å². The van der Waals surface area contributed by atoms with Crippen molar-refractivity contribution < 1.29 is 92.1 Å². The van der Waals surface area contributed by atoms with Crippen molar-refractivity contribution in [3.05, 3.63) is 354 Å². The predicted octanol–water partition coefficient (Wildman–Crippen LogP) is 19.6. The summed E-state index contributed by atoms with van der Waals surface area (Å²) < 4.78 is 48.3. The first-order valence-corrected chi connectivity index (χ1v) is 46.7. The molecule has 1 aliphatic heterocycles. The molecule has 0 radical (unpaired) electrons. The number of ketones is 5. The maximum absolute atomic E-state index is 12.9. The highest BCUT2D eigenvalue weighted by molar-refractivity contribution is 6.42. The molecular weight excluding hydrogens is 1870 g/mol. The summed E-state index contributed by atoms with van der Waals surface area (Å²) in [6.07, 6.45) is 12.0. The zero-order chi connectivity index (χ0) is 102. The minimum absolute atomic E-state index is 0.00781. The number of fused-ring (bicyclic) bond motifs is 6. The number of aliphatic hydroxyl groups excluding tert-OH is 5. The van der Waals surface area contributed by atoms with Crippen LogP contribution in [0.15, 0.2) is 204 Å². The van der Waals surface area contributed by atoms with Gasteiger partial charge in [-0.05, 0) is 301 Å². The van der Waals surface area contributed by atoms with Crippen LogP contribution in [0.3, 0.4) is 0 Å². The molecule has 5 aliphatic carbocycles. The number of aliphatic hydroxyl groups is 5. The van der Waals surface area contributed by atoms with Gasteiger partial charge in [0, 0.05) is 121 Å². The van der Waals surface area contributed by atoms with Crippen LogP contribution in [0.25, 0.3) is 86.7 Å². The highest BCUT2D eigenvalue weighted by Gasteiger charge is 2.33. The number of hydrogen-bond acceptors (Lipinski definition) is 24. The SMILES string of the molecule is COc1cc(CO)cc(-c2cc(/C=C3\Cc4cc(OC)c(C)cc4C3=O)[nH]n2)c1.COc1cc2c(cc1C)C(=O)/C(=C/c1cc(-c3cc(CO)c(CO)c(OC)c3)n[nH]1)C2.COc1cc2c(cc1C)C(=O)/C(=C/c1cc(-c3ccc(CO)c(CO)c3)n[nH]1)C2.COc1cc2c(cc1C)C(=O)/C(=C/c1cc(-c3ccc(Cl)c(Cl)c3)n[nH]1)C2.COc1cc2c(cc1C)C(=O)/C(=C/c1cc(-c3ccc4c(c3)OCO4)n[nH]1)C2. The Morgan fingerprint density at radius 2 is 0.618 bits per heavy atom. The number of hydrogen-bond donors (Lipinski definition) is 10. The van der Waals surface area contributed by atoms with Crippen LogP contribution >= 0.6 is 23.2 Å². The van der Waals surface area contributed by atoms with Crippen molar-refractivity contribution in [2.45, 2.75) is 99.8 Å². The van der Waals surface area contributed by atoms with Crippen molar-refractivity contribution in [1.29, 1.82) is 0 Å². The van der Waals surface area contributed by atoms with Crippen LogP contribution in [-0.2, 0) is 65.1 Å². The van der Waals surface area contributed by atoms with E-state index in [9.17, 15) is 49.5 Å². The molecule has 0 spiro atoms. The molecule has 0 saturated heterocycles. The summed E-state index contributed by atoms with van der Waals surface area (Å²) in [6.45, 7) is 9.09. The lowest BCUT2D eigenvalue weighted by atomic mass is 10.0. The minimum Gasteiger partial charge on any atom is -0.497 e. The summed E-state index contributed by atoms with van der Waals surface area (Å²) >= 11 is 12.0. The number of aryl methyl sites for hydroxylation is 5. The molecule has 0 bridgehead atoms. The summed E-state index contributed by atoms with van der Waals surface area (Å²) in [5.74, 6) is 6.71. The third-order valence-electron chi connectivity index (χ3n) is 25.9. The number of carbonyl (C=O) groups excluding carboxylic acids is 5. The number of methoxy groups -OCH3 is 7. The first-order chi connectivity index (χ1) is 69.6. The van der Waals surface area contributed by atoms with E-state index >= 15 is 0 Å². The van der Waals surface area contributed by atoms with E-state index in [1.165, 1.54) is 7.11 Å². The molecule has 732 valence electrons. The molecule has 21 rings (SSSR count). The van der Waals surface area contributed by atoms with Crippen molar-refractivity contribution in [3.8, 4) is 108 Å². The van der Waals surface area contributed by atoms with Gasteiger partial charge in [-0.2, -0.15) is 25.5 Å². The number of nitrogens with zero attached hydrogens (tertiary/aromatic N) is 5. The molecular formula is C113H102Cl2N10O19. The molecule has 15 aromatic rings. The van der Waals surface area contributed by atoms with Crippen LogP contribution < -0.4 is 42.6 Å². The monoisotopic (exact) mass is 1970 g/mol. The molecule has 0 unspecified atom stereocenters. The fourth-order valence-corrected chi connectivity index (χ4v) is 18.6. The molecule has 10 N–H and O–H groups in total. The largest absolute Gasteiger partial charge is 0.497 e. The third-order valence-corrected chi connectivity index (χ3v) is 26.6. The second kappa shape index (κ2) is 43.1. The van der Waals surface area contributed by atoms with Crippen LogP contribution in [-0.4, -0.2) is 162 Å². The molecule has 0 saturated carbocycles. The number of halogens is 2. The Labute approximate surface area is 838 Å². The van der Waals surface area contributed by atoms with Crippen LogP contribution in [0, 0.1) is 34.6 Å². The van der Waals surface area contributed by atoms with Crippen molar-refractivity contribution in [1.82, 2.24) is 51.0 Å². The summed E-state index contributed by atoms with van der Waals surface area (Å²) in [4.78, 5) is 64.0. The molecule has 0 fully saturated rings. The van der Waals surface area contributed by atoms with Gasteiger partial charge in [-0.1, -0.05) is 41.4 Å². The maximum atomic E-state index is 12.9. The molecule has 144 heavy (non-hydrogen) atoms. The Morgan fingerprint density at radius 3 is 0.951 bits per heavy atom. The van der Waals surface area contributed by atoms with Gasteiger partial charge in [-0.25, -0.2) is 0 Å². The first kappa shape index (κ1) is 99.4. The molecule has 29 nitrogen and oxygen atoms in total. The smallest absolute Gasteiger partial charge is 0.231 e. The van der Waals surface area contributed by atoms with Gasteiger partial charge in [0.05, 0.1) is 150 Å². The molecule has 0 amide bonds. The average molecular weight is 1980 g/mol. The van der Waals surface area contributed by atoms with E-state index in [2.05, 4.69) is 51.0 Å². The van der Waals surface area contributed by atoms with Gasteiger partial charge in [-0.3, -0.25) is 49.5 Å². The fraction of sp³-hybridized carbons (Fsp3) is 0.204. The Morgan fingerprint density at radius 1 is 0.299 bits per heavy atom. The lowest BCUT2D eigenvalue weighted by molar-refractivity contribution is 0.103. The average Bonchev–Trinajstić information content (AvgIpc) is 1.65. The topological polar surface area (TPSA) is 413 Å². The summed E-state index contributed by atoms with van der Waals surface area (Å²) in [5.41, 5.74) is 31.5. The maximum Gasteiger partial charge on any atom is 0.231 e. The van der Waals surface area contributed by atoms with Gasteiger partial charge in [-0.15, -0.1) is 0 Å². The van der Waals surface area contributed by atoms with Gasteiger partial charge in [0.15, 0.2) is 40.4 Å². The third kappa shape index (κ3) is 21.0. The van der Waals surface area contributed by atoms with Crippen LogP contribution in [0.5, 0.6) is 51.7 Å². The number of benzene rings is 10. The molecule has 5 aromatic heterocycles. The number of ether oxygens (including phenoxy) is 9.